The van der Waals surface area contributed by atoms with Crippen molar-refractivity contribution in [3.05, 3.63) is 26.4 Å². The summed E-state index contributed by atoms with van der Waals surface area (Å²) in [6.45, 7) is 2.92. The molecule has 1 amide bonds. The summed E-state index contributed by atoms with van der Waals surface area (Å²) in [6.07, 6.45) is -0.0983. The molecule has 0 aromatic carbocycles. The molecule has 88 valence electrons. The highest BCUT2D eigenvalue weighted by molar-refractivity contribution is 5.74. The predicted octanol–water partition coefficient (Wildman–Crippen LogP) is -1.01. The van der Waals surface area contributed by atoms with Crippen LogP contribution in [0.4, 0.5) is 0 Å². The van der Waals surface area contributed by atoms with Gasteiger partial charge in [0.25, 0.3) is 5.56 Å². The monoisotopic (exact) mass is 227 g/mol. The second-order valence-corrected chi connectivity index (χ2v) is 3.60. The summed E-state index contributed by atoms with van der Waals surface area (Å²) in [5, 5.41) is 9.63. The maximum Gasteiger partial charge on any atom is 0.331 e. The first-order chi connectivity index (χ1) is 7.34. The number of nitrogens with zero attached hydrogens (tertiary/aromatic N) is 1. The van der Waals surface area contributed by atoms with Crippen molar-refractivity contribution < 1.29 is 9.90 Å². The number of carbonyl (C=O) groups excluding carboxylic acids is 1. The highest BCUT2D eigenvalue weighted by Gasteiger charge is 2.16. The summed E-state index contributed by atoms with van der Waals surface area (Å²) >= 11 is 0. The first-order valence-corrected chi connectivity index (χ1v) is 4.67. The third kappa shape index (κ3) is 2.13. The fourth-order valence-electron chi connectivity index (χ4n) is 1.42. The molecule has 7 heteroatoms. The van der Waals surface area contributed by atoms with Crippen LogP contribution in [0.5, 0.6) is 5.88 Å². The number of aromatic hydroxyl groups is 1. The number of rotatable bonds is 3. The van der Waals surface area contributed by atoms with E-state index in [0.717, 1.165) is 4.57 Å². The van der Waals surface area contributed by atoms with Crippen LogP contribution in [0.2, 0.25) is 0 Å². The zero-order chi connectivity index (χ0) is 12.5. The van der Waals surface area contributed by atoms with Gasteiger partial charge in [-0.1, -0.05) is 0 Å². The first-order valence-electron chi connectivity index (χ1n) is 4.67. The highest BCUT2D eigenvalue weighted by atomic mass is 16.3. The van der Waals surface area contributed by atoms with Crippen LogP contribution in [0.15, 0.2) is 9.59 Å². The van der Waals surface area contributed by atoms with Crippen LogP contribution < -0.4 is 17.0 Å². The van der Waals surface area contributed by atoms with Crippen LogP contribution in [0.25, 0.3) is 0 Å². The van der Waals surface area contributed by atoms with Crippen LogP contribution in [0, 0.1) is 6.92 Å². The normalized spacial score (nSPS) is 12.4. The van der Waals surface area contributed by atoms with E-state index in [2.05, 4.69) is 0 Å². The molecular weight excluding hydrogens is 214 g/mol. The number of amides is 1. The molecule has 1 heterocycles. The fourth-order valence-corrected chi connectivity index (χ4v) is 1.42. The van der Waals surface area contributed by atoms with Crippen molar-refractivity contribution in [3.8, 4) is 5.88 Å². The van der Waals surface area contributed by atoms with Gasteiger partial charge in [0, 0.05) is 12.5 Å². The lowest BCUT2D eigenvalue weighted by atomic mass is 10.2. The molecule has 0 saturated heterocycles. The van der Waals surface area contributed by atoms with Gasteiger partial charge in [0.05, 0.1) is 5.56 Å². The van der Waals surface area contributed by atoms with Crippen LogP contribution in [-0.2, 0) is 4.79 Å². The van der Waals surface area contributed by atoms with Gasteiger partial charge in [-0.15, -0.1) is 0 Å². The number of nitrogens with two attached hydrogens (primary N) is 1. The third-order valence-corrected chi connectivity index (χ3v) is 2.28. The van der Waals surface area contributed by atoms with Crippen molar-refractivity contribution >= 4 is 5.91 Å². The van der Waals surface area contributed by atoms with Gasteiger partial charge in [0.1, 0.15) is 0 Å². The summed E-state index contributed by atoms with van der Waals surface area (Å²) in [7, 11) is 0. The van der Waals surface area contributed by atoms with Crippen LogP contribution >= 0.6 is 0 Å². The Morgan fingerprint density at radius 1 is 1.56 bits per heavy atom. The van der Waals surface area contributed by atoms with Crippen molar-refractivity contribution in [2.45, 2.75) is 26.3 Å². The number of aromatic amines is 1. The minimum absolute atomic E-state index is 0.0240. The zero-order valence-corrected chi connectivity index (χ0v) is 8.98. The molecule has 0 aliphatic carbocycles. The van der Waals surface area contributed by atoms with Gasteiger partial charge in [-0.2, -0.15) is 0 Å². The predicted molar refractivity (Wildman–Crippen MR) is 56.2 cm³/mol. The molecule has 0 aliphatic heterocycles. The van der Waals surface area contributed by atoms with Crippen LogP contribution in [-0.4, -0.2) is 20.6 Å². The van der Waals surface area contributed by atoms with Gasteiger partial charge in [0.15, 0.2) is 0 Å². The van der Waals surface area contributed by atoms with Gasteiger partial charge in [0.2, 0.25) is 11.8 Å². The van der Waals surface area contributed by atoms with E-state index >= 15 is 0 Å². The molecular formula is C9H13N3O4. The topological polar surface area (TPSA) is 118 Å². The standard InChI is InChI=1S/C9H13N3O4/c1-4(3-6(10)13)12-8(15)5(2)7(14)11-9(12)16/h4,15H,3H2,1-2H3,(H2,10,13)(H,11,14,16). The minimum Gasteiger partial charge on any atom is -0.494 e. The molecule has 1 aromatic rings. The Hall–Kier alpha value is -2.05. The number of carbonyl (C=O) groups is 1. The van der Waals surface area contributed by atoms with E-state index in [9.17, 15) is 19.5 Å². The zero-order valence-electron chi connectivity index (χ0n) is 8.98. The molecule has 0 saturated carbocycles. The molecule has 0 bridgehead atoms. The average molecular weight is 227 g/mol. The first kappa shape index (κ1) is 12.0. The van der Waals surface area contributed by atoms with E-state index < -0.39 is 29.1 Å². The Morgan fingerprint density at radius 2 is 2.12 bits per heavy atom. The van der Waals surface area contributed by atoms with Gasteiger partial charge in [-0.25, -0.2) is 4.79 Å². The lowest BCUT2D eigenvalue weighted by Gasteiger charge is -2.15. The summed E-state index contributed by atoms with van der Waals surface area (Å²) in [6, 6.07) is -0.611. The van der Waals surface area contributed by atoms with E-state index in [4.69, 9.17) is 5.73 Å². The van der Waals surface area contributed by atoms with Crippen molar-refractivity contribution in [2.75, 3.05) is 0 Å². The second kappa shape index (κ2) is 4.21. The summed E-state index contributed by atoms with van der Waals surface area (Å²) < 4.78 is 0.932. The van der Waals surface area contributed by atoms with E-state index in [1.165, 1.54) is 6.92 Å². The van der Waals surface area contributed by atoms with Crippen LogP contribution in [0.1, 0.15) is 24.9 Å². The maximum atomic E-state index is 11.4. The molecule has 0 radical (unpaired) electrons. The molecule has 4 N–H and O–H groups in total. The molecule has 1 unspecified atom stereocenters. The molecule has 1 rings (SSSR count). The van der Waals surface area contributed by atoms with Crippen molar-refractivity contribution in [1.29, 1.82) is 0 Å². The SMILES string of the molecule is Cc1c(O)n(C(C)CC(N)=O)c(=O)[nH]c1=O. The van der Waals surface area contributed by atoms with Crippen molar-refractivity contribution in [3.63, 3.8) is 0 Å². The number of H-pyrrole nitrogens is 1. The van der Waals surface area contributed by atoms with Crippen LogP contribution in [0.3, 0.4) is 0 Å². The summed E-state index contributed by atoms with van der Waals surface area (Å²) in [5.41, 5.74) is 3.60. The van der Waals surface area contributed by atoms with E-state index in [1.54, 1.807) is 6.92 Å². The van der Waals surface area contributed by atoms with Gasteiger partial charge in [-0.3, -0.25) is 19.1 Å². The van der Waals surface area contributed by atoms with Gasteiger partial charge < -0.3 is 10.8 Å². The maximum absolute atomic E-state index is 11.4. The Morgan fingerprint density at radius 3 is 2.62 bits per heavy atom. The van der Waals surface area contributed by atoms with Gasteiger partial charge >= 0.3 is 5.69 Å². The molecule has 16 heavy (non-hydrogen) atoms. The van der Waals surface area contributed by atoms with Crippen molar-refractivity contribution in [2.24, 2.45) is 5.73 Å². The molecule has 0 aliphatic rings. The number of hydrogen-bond donors (Lipinski definition) is 3. The molecule has 1 atom stereocenters. The smallest absolute Gasteiger partial charge is 0.331 e. The highest BCUT2D eigenvalue weighted by Crippen LogP contribution is 2.16. The molecule has 0 spiro atoms. The summed E-state index contributed by atoms with van der Waals surface area (Å²) in [5.74, 6) is -1.04. The number of primary amides is 1. The number of nitrogens with one attached hydrogen (secondary N) is 1. The third-order valence-electron chi connectivity index (χ3n) is 2.28. The number of aromatic nitrogens is 2. The lowest BCUT2D eigenvalue weighted by molar-refractivity contribution is -0.118. The Balaban J connectivity index is 3.34. The molecule has 7 nitrogen and oxygen atoms in total. The van der Waals surface area contributed by atoms with E-state index in [1.807, 2.05) is 4.98 Å². The van der Waals surface area contributed by atoms with Crippen molar-refractivity contribution in [1.82, 2.24) is 9.55 Å². The summed E-state index contributed by atoms with van der Waals surface area (Å²) in [4.78, 5) is 35.3. The van der Waals surface area contributed by atoms with E-state index in [-0.39, 0.29) is 12.0 Å². The lowest BCUT2D eigenvalue weighted by Crippen LogP contribution is -2.34. The fraction of sp³-hybridized carbons (Fsp3) is 0.444. The Bertz CT molecular complexity index is 529. The van der Waals surface area contributed by atoms with E-state index in [0.29, 0.717) is 0 Å². The molecule has 1 aromatic heterocycles. The second-order valence-electron chi connectivity index (χ2n) is 3.60. The Labute approximate surface area is 90.5 Å². The minimum atomic E-state index is -0.762. The number of hydrogen-bond acceptors (Lipinski definition) is 4. The Kier molecular flexibility index (Phi) is 3.17. The quantitative estimate of drug-likeness (QED) is 0.612. The largest absolute Gasteiger partial charge is 0.494 e. The average Bonchev–Trinajstić information content (AvgIpc) is 2.13. The molecule has 0 fully saturated rings. The van der Waals surface area contributed by atoms with Gasteiger partial charge in [-0.05, 0) is 13.8 Å².